The quantitative estimate of drug-likeness (QED) is 0.812. The van der Waals surface area contributed by atoms with Crippen LogP contribution < -0.4 is 4.74 Å². The van der Waals surface area contributed by atoms with E-state index in [9.17, 15) is 9.59 Å². The molecule has 1 atom stereocenters. The first-order valence-corrected chi connectivity index (χ1v) is 9.69. The third-order valence-corrected chi connectivity index (χ3v) is 5.37. The highest BCUT2D eigenvalue weighted by Gasteiger charge is 2.33. The zero-order valence-electron chi connectivity index (χ0n) is 16.0. The summed E-state index contributed by atoms with van der Waals surface area (Å²) in [5.74, 6) is 1.41. The van der Waals surface area contributed by atoms with Crippen molar-refractivity contribution in [2.75, 3.05) is 19.7 Å². The Hall–Kier alpha value is -2.96. The summed E-state index contributed by atoms with van der Waals surface area (Å²) in [6.45, 7) is 3.53. The summed E-state index contributed by atoms with van der Waals surface area (Å²) < 4.78 is 5.62. The Kier molecular flexibility index (Phi) is 5.23. The van der Waals surface area contributed by atoms with Gasteiger partial charge in [0.2, 0.25) is 5.91 Å². The van der Waals surface area contributed by atoms with E-state index in [4.69, 9.17) is 9.72 Å². The summed E-state index contributed by atoms with van der Waals surface area (Å²) in [7, 11) is 0. The largest absolute Gasteiger partial charge is 0.484 e. The van der Waals surface area contributed by atoms with Crippen molar-refractivity contribution in [1.29, 1.82) is 0 Å². The molecule has 1 aromatic carbocycles. The summed E-state index contributed by atoms with van der Waals surface area (Å²) in [6.07, 6.45) is 4.33. The molecule has 0 aliphatic carbocycles. The van der Waals surface area contributed by atoms with E-state index in [-0.39, 0.29) is 24.5 Å². The number of ether oxygens (including phenoxy) is 1. The molecular formula is C21H24N4O3. The van der Waals surface area contributed by atoms with Crippen LogP contribution in [0.15, 0.2) is 36.5 Å². The summed E-state index contributed by atoms with van der Waals surface area (Å²) in [4.78, 5) is 37.2. The number of hydrogen-bond donors (Lipinski definition) is 0. The van der Waals surface area contributed by atoms with E-state index in [1.165, 1.54) is 0 Å². The van der Waals surface area contributed by atoms with E-state index in [1.54, 1.807) is 11.8 Å². The molecule has 1 fully saturated rings. The first-order chi connectivity index (χ1) is 13.6. The molecule has 7 nitrogen and oxygen atoms in total. The summed E-state index contributed by atoms with van der Waals surface area (Å²) in [6, 6.07) is 9.24. The Balaban J connectivity index is 1.45. The first-order valence-electron chi connectivity index (χ1n) is 9.69. The standard InChI is InChI=1S/C21H24N4O3/c1-15(26)24-11-9-18-16(13-24)12-22-21(23-18)19-8-5-10-25(19)20(27)14-28-17-6-3-2-4-7-17/h2-4,6-7,12,19H,5,8-11,13-14H2,1H3. The number of hydrogen-bond acceptors (Lipinski definition) is 5. The lowest BCUT2D eigenvalue weighted by atomic mass is 10.1. The van der Waals surface area contributed by atoms with Crippen LogP contribution in [0.3, 0.4) is 0 Å². The third-order valence-electron chi connectivity index (χ3n) is 5.37. The molecule has 0 radical (unpaired) electrons. The van der Waals surface area contributed by atoms with Gasteiger partial charge in [-0.3, -0.25) is 9.59 Å². The van der Waals surface area contributed by atoms with Crippen LogP contribution in [0, 0.1) is 0 Å². The van der Waals surface area contributed by atoms with E-state index in [1.807, 2.05) is 41.4 Å². The van der Waals surface area contributed by atoms with Crippen LogP contribution in [-0.2, 0) is 22.6 Å². The molecule has 4 rings (SSSR count). The summed E-state index contributed by atoms with van der Waals surface area (Å²) in [5.41, 5.74) is 1.98. The Labute approximate surface area is 164 Å². The minimum atomic E-state index is -0.108. The smallest absolute Gasteiger partial charge is 0.261 e. The Morgan fingerprint density at radius 3 is 2.82 bits per heavy atom. The lowest BCUT2D eigenvalue weighted by Crippen LogP contribution is -2.37. The average molecular weight is 380 g/mol. The maximum Gasteiger partial charge on any atom is 0.261 e. The Morgan fingerprint density at radius 1 is 1.21 bits per heavy atom. The van der Waals surface area contributed by atoms with Crippen LogP contribution in [0.5, 0.6) is 5.75 Å². The lowest BCUT2D eigenvalue weighted by molar-refractivity contribution is -0.134. The number of amides is 2. The molecule has 0 bridgehead atoms. The molecule has 146 valence electrons. The molecule has 0 saturated carbocycles. The molecule has 1 aromatic heterocycles. The molecule has 2 aromatic rings. The van der Waals surface area contributed by atoms with Crippen LogP contribution in [0.2, 0.25) is 0 Å². The fourth-order valence-corrected chi connectivity index (χ4v) is 3.84. The topological polar surface area (TPSA) is 75.6 Å². The van der Waals surface area contributed by atoms with Gasteiger partial charge in [-0.2, -0.15) is 0 Å². The molecule has 2 amide bonds. The van der Waals surface area contributed by atoms with Gasteiger partial charge in [0, 0.05) is 44.7 Å². The number of carbonyl (C=O) groups excluding carboxylic acids is 2. The average Bonchev–Trinajstić information content (AvgIpc) is 3.22. The van der Waals surface area contributed by atoms with Crippen LogP contribution in [-0.4, -0.2) is 51.3 Å². The van der Waals surface area contributed by atoms with Crippen LogP contribution in [0.4, 0.5) is 0 Å². The first kappa shape index (κ1) is 18.4. The second-order valence-electron chi connectivity index (χ2n) is 7.24. The molecule has 28 heavy (non-hydrogen) atoms. The zero-order chi connectivity index (χ0) is 19.5. The van der Waals surface area contributed by atoms with Crippen molar-refractivity contribution >= 4 is 11.8 Å². The zero-order valence-corrected chi connectivity index (χ0v) is 16.0. The predicted octanol–water partition coefficient (Wildman–Crippen LogP) is 2.12. The molecule has 3 heterocycles. The molecule has 1 unspecified atom stereocenters. The normalized spacial score (nSPS) is 18.7. The van der Waals surface area contributed by atoms with Crippen molar-refractivity contribution in [2.45, 2.75) is 38.8 Å². The highest BCUT2D eigenvalue weighted by atomic mass is 16.5. The van der Waals surface area contributed by atoms with E-state index in [0.29, 0.717) is 31.2 Å². The van der Waals surface area contributed by atoms with Gasteiger partial charge in [-0.1, -0.05) is 18.2 Å². The van der Waals surface area contributed by atoms with Crippen molar-refractivity contribution in [3.8, 4) is 5.75 Å². The van der Waals surface area contributed by atoms with Gasteiger partial charge in [0.1, 0.15) is 5.75 Å². The summed E-state index contributed by atoms with van der Waals surface area (Å²) in [5, 5.41) is 0. The lowest BCUT2D eigenvalue weighted by Gasteiger charge is -2.28. The minimum absolute atomic E-state index is 0.0129. The second-order valence-corrected chi connectivity index (χ2v) is 7.24. The molecular weight excluding hydrogens is 356 g/mol. The van der Waals surface area contributed by atoms with E-state index >= 15 is 0 Å². The van der Waals surface area contributed by atoms with Crippen LogP contribution >= 0.6 is 0 Å². The van der Waals surface area contributed by atoms with E-state index in [0.717, 1.165) is 30.5 Å². The number of para-hydroxylation sites is 1. The predicted molar refractivity (Wildman–Crippen MR) is 102 cm³/mol. The van der Waals surface area contributed by atoms with Crippen LogP contribution in [0.25, 0.3) is 0 Å². The van der Waals surface area contributed by atoms with Gasteiger partial charge in [-0.15, -0.1) is 0 Å². The van der Waals surface area contributed by atoms with E-state index < -0.39 is 0 Å². The number of benzene rings is 1. The Morgan fingerprint density at radius 2 is 2.04 bits per heavy atom. The second kappa shape index (κ2) is 7.96. The molecule has 2 aliphatic heterocycles. The van der Waals surface area contributed by atoms with Crippen molar-refractivity contribution in [3.63, 3.8) is 0 Å². The van der Waals surface area contributed by atoms with Gasteiger partial charge in [0.05, 0.1) is 11.7 Å². The number of rotatable bonds is 4. The number of nitrogens with zero attached hydrogens (tertiary/aromatic N) is 4. The highest BCUT2D eigenvalue weighted by molar-refractivity contribution is 5.78. The number of likely N-dealkylation sites (tertiary alicyclic amines) is 1. The number of fused-ring (bicyclic) bond motifs is 1. The maximum absolute atomic E-state index is 12.7. The van der Waals surface area contributed by atoms with E-state index in [2.05, 4.69) is 4.98 Å². The molecule has 2 aliphatic rings. The van der Waals surface area contributed by atoms with Gasteiger partial charge in [0.25, 0.3) is 5.91 Å². The van der Waals surface area contributed by atoms with Crippen molar-refractivity contribution < 1.29 is 14.3 Å². The summed E-state index contributed by atoms with van der Waals surface area (Å²) >= 11 is 0. The van der Waals surface area contributed by atoms with Gasteiger partial charge in [-0.05, 0) is 25.0 Å². The van der Waals surface area contributed by atoms with Gasteiger partial charge >= 0.3 is 0 Å². The van der Waals surface area contributed by atoms with Crippen molar-refractivity contribution in [3.05, 3.63) is 53.6 Å². The molecule has 0 N–H and O–H groups in total. The fraction of sp³-hybridized carbons (Fsp3) is 0.429. The molecule has 0 spiro atoms. The fourth-order valence-electron chi connectivity index (χ4n) is 3.84. The van der Waals surface area contributed by atoms with Crippen molar-refractivity contribution in [2.24, 2.45) is 0 Å². The monoisotopic (exact) mass is 380 g/mol. The van der Waals surface area contributed by atoms with Gasteiger partial charge < -0.3 is 14.5 Å². The molecule has 1 saturated heterocycles. The minimum Gasteiger partial charge on any atom is -0.484 e. The SMILES string of the molecule is CC(=O)N1CCc2nc(C3CCCN3C(=O)COc3ccccc3)ncc2C1. The van der Waals surface area contributed by atoms with Gasteiger partial charge in [-0.25, -0.2) is 9.97 Å². The van der Waals surface area contributed by atoms with Gasteiger partial charge in [0.15, 0.2) is 12.4 Å². The highest BCUT2D eigenvalue weighted by Crippen LogP contribution is 2.31. The third kappa shape index (κ3) is 3.83. The van der Waals surface area contributed by atoms with Crippen molar-refractivity contribution in [1.82, 2.24) is 19.8 Å². The van der Waals surface area contributed by atoms with Crippen LogP contribution in [0.1, 0.15) is 42.9 Å². The maximum atomic E-state index is 12.7. The Bertz CT molecular complexity index is 871. The molecule has 7 heteroatoms. The number of carbonyl (C=O) groups is 2. The number of aromatic nitrogens is 2.